The zero-order chi connectivity index (χ0) is 45.1. The highest BCUT2D eigenvalue weighted by atomic mass is 16.3. The highest BCUT2D eigenvalue weighted by molar-refractivity contribution is 6.93. The van der Waals surface area contributed by atoms with Crippen molar-refractivity contribution in [2.75, 3.05) is 4.81 Å². The zero-order valence-corrected chi connectivity index (χ0v) is 39.7. The van der Waals surface area contributed by atoms with E-state index in [1.165, 1.54) is 117 Å². The first-order valence-electron chi connectivity index (χ1n) is 24.0. The summed E-state index contributed by atoms with van der Waals surface area (Å²) in [5.41, 5.74) is 26.8. The molecule has 0 bridgehead atoms. The van der Waals surface area contributed by atoms with Gasteiger partial charge in [-0.3, -0.25) is 0 Å². The first-order chi connectivity index (χ1) is 31.5. The Balaban J connectivity index is 1.14. The van der Waals surface area contributed by atoms with Crippen molar-refractivity contribution >= 4 is 72.9 Å². The number of para-hydroxylation sites is 1. The smallest absolute Gasteiger partial charge is 0.333 e. The molecule has 0 saturated carbocycles. The molecule has 8 aromatic carbocycles. The van der Waals surface area contributed by atoms with Gasteiger partial charge in [0.05, 0.1) is 11.0 Å². The van der Waals surface area contributed by atoms with Gasteiger partial charge in [-0.1, -0.05) is 160 Å². The van der Waals surface area contributed by atoms with Gasteiger partial charge in [0.1, 0.15) is 11.2 Å². The van der Waals surface area contributed by atoms with Gasteiger partial charge in [-0.2, -0.15) is 0 Å². The van der Waals surface area contributed by atoms with Gasteiger partial charge in [-0.25, -0.2) is 0 Å². The van der Waals surface area contributed by atoms with Crippen molar-refractivity contribution in [1.82, 2.24) is 4.57 Å². The molecule has 0 fully saturated rings. The Hall–Kier alpha value is -6.78. The van der Waals surface area contributed by atoms with Gasteiger partial charge in [-0.15, -0.1) is 0 Å². The van der Waals surface area contributed by atoms with Crippen LogP contribution in [0.4, 0.5) is 11.4 Å². The van der Waals surface area contributed by atoms with Gasteiger partial charge in [0.25, 0.3) is 0 Å². The first kappa shape index (κ1) is 38.5. The lowest BCUT2D eigenvalue weighted by Gasteiger charge is -2.43. The molecule has 10 aromatic rings. The van der Waals surface area contributed by atoms with E-state index in [4.69, 9.17) is 4.42 Å². The van der Waals surface area contributed by atoms with E-state index < -0.39 is 0 Å². The molecule has 0 saturated heterocycles. The lowest BCUT2D eigenvalue weighted by molar-refractivity contribution is 0.589. The summed E-state index contributed by atoms with van der Waals surface area (Å²) in [5.74, 6) is 0. The molecule has 66 heavy (non-hydrogen) atoms. The van der Waals surface area contributed by atoms with Gasteiger partial charge in [0.2, 0.25) is 0 Å². The number of nitrogens with zero attached hydrogens (tertiary/aromatic N) is 2. The Bertz CT molecular complexity index is 3840. The number of benzene rings is 8. The molecule has 0 spiro atoms. The molecule has 0 amide bonds. The van der Waals surface area contributed by atoms with E-state index in [0.29, 0.717) is 0 Å². The van der Waals surface area contributed by atoms with Gasteiger partial charge in [0.15, 0.2) is 0 Å². The van der Waals surface area contributed by atoms with E-state index in [1.54, 1.807) is 0 Å². The minimum Gasteiger partial charge on any atom is -0.456 e. The second-order valence-corrected chi connectivity index (χ2v) is 23.0. The maximum Gasteiger partial charge on any atom is 0.333 e. The summed E-state index contributed by atoms with van der Waals surface area (Å²) < 4.78 is 9.29. The average Bonchev–Trinajstić information content (AvgIpc) is 3.96. The van der Waals surface area contributed by atoms with E-state index in [-0.39, 0.29) is 28.5 Å². The van der Waals surface area contributed by atoms with Crippen LogP contribution in [0, 0.1) is 0 Å². The van der Waals surface area contributed by atoms with Gasteiger partial charge >= 0.3 is 6.85 Å². The third kappa shape index (κ3) is 4.75. The molecule has 0 unspecified atom stereocenters. The van der Waals surface area contributed by atoms with Crippen LogP contribution < -0.4 is 15.7 Å². The molecular formula is C62H53BN2O. The fourth-order valence-corrected chi connectivity index (χ4v) is 12.9. The number of anilines is 2. The quantitative estimate of drug-likeness (QED) is 0.153. The van der Waals surface area contributed by atoms with Crippen LogP contribution in [0.2, 0.25) is 0 Å². The summed E-state index contributed by atoms with van der Waals surface area (Å²) in [6.07, 6.45) is 0. The lowest BCUT2D eigenvalue weighted by Crippen LogP contribution is -2.60. The molecule has 2 aliphatic carbocycles. The second-order valence-electron chi connectivity index (χ2n) is 23.0. The Morgan fingerprint density at radius 2 is 1.12 bits per heavy atom. The van der Waals surface area contributed by atoms with Crippen molar-refractivity contribution in [1.29, 1.82) is 0 Å². The molecule has 4 aliphatic rings. The van der Waals surface area contributed by atoms with Gasteiger partial charge < -0.3 is 13.8 Å². The largest absolute Gasteiger partial charge is 0.456 e. The van der Waals surface area contributed by atoms with Crippen molar-refractivity contribution in [2.24, 2.45) is 0 Å². The summed E-state index contributed by atoms with van der Waals surface area (Å²) in [6.45, 7) is 23.5. The van der Waals surface area contributed by atoms with Crippen molar-refractivity contribution in [3.05, 3.63) is 173 Å². The third-order valence-electron chi connectivity index (χ3n) is 16.5. The molecule has 320 valence electrons. The minimum absolute atomic E-state index is 0.0294. The molecule has 2 aromatic heterocycles. The monoisotopic (exact) mass is 852 g/mol. The van der Waals surface area contributed by atoms with Crippen LogP contribution in [0.15, 0.2) is 144 Å². The Morgan fingerprint density at radius 1 is 0.455 bits per heavy atom. The standard InChI is InChI=1S/C62H53BN2O/c1-59(2,3)34-19-22-36(23-20-34)65-53-31-43-41-27-35(60(4,5)6)21-26-48(41)62(9,10)49(43)29-45(53)39-24-25-40-44-28-46-38-16-12-14-18-55(38)66-56(46)33-52(44)64-54-32-50-42(30-51(54)63(65)57(39)58(40)64)37-15-11-13-17-47(37)61(50,7)8/h11-33H,1-10H3. The van der Waals surface area contributed by atoms with Crippen molar-refractivity contribution in [3.8, 4) is 39.1 Å². The van der Waals surface area contributed by atoms with E-state index in [1.807, 2.05) is 0 Å². The van der Waals surface area contributed by atoms with Crippen LogP contribution in [-0.2, 0) is 21.7 Å². The number of fused-ring (bicyclic) bond motifs is 17. The van der Waals surface area contributed by atoms with E-state index in [0.717, 1.165) is 21.9 Å². The molecule has 3 nitrogen and oxygen atoms in total. The number of aromatic nitrogens is 1. The molecule has 0 radical (unpaired) electrons. The number of hydrogen-bond donors (Lipinski definition) is 0. The third-order valence-corrected chi connectivity index (χ3v) is 16.5. The molecule has 0 N–H and O–H groups in total. The summed E-state index contributed by atoms with van der Waals surface area (Å²) in [7, 11) is 0. The Labute approximate surface area is 387 Å². The second kappa shape index (κ2) is 12.2. The van der Waals surface area contributed by atoms with Crippen molar-refractivity contribution in [2.45, 2.75) is 90.9 Å². The van der Waals surface area contributed by atoms with E-state index in [2.05, 4.69) is 218 Å². The topological polar surface area (TPSA) is 21.3 Å². The fraction of sp³-hybridized carbons (Fsp3) is 0.226. The SMILES string of the molecule is CC(C)(C)c1ccc(N2B3c4cc5c(cc4-n4c6cc7oc8ccccc8c7cc6c6ccc(c3c64)-c3cc4c(cc32)-c2cc(C(C)(C)C)ccc2C4(C)C)C(C)(C)c2ccccc2-5)cc1. The first-order valence-corrected chi connectivity index (χ1v) is 24.0. The maximum absolute atomic E-state index is 6.67. The molecule has 0 atom stereocenters. The predicted octanol–water partition coefficient (Wildman–Crippen LogP) is 15.1. The lowest BCUT2D eigenvalue weighted by atomic mass is 9.43. The van der Waals surface area contributed by atoms with E-state index in [9.17, 15) is 0 Å². The van der Waals surface area contributed by atoms with Gasteiger partial charge in [-0.05, 0) is 125 Å². The normalized spacial score (nSPS) is 15.9. The highest BCUT2D eigenvalue weighted by Gasteiger charge is 2.48. The van der Waals surface area contributed by atoms with Gasteiger partial charge in [0, 0.05) is 61.1 Å². The Morgan fingerprint density at radius 3 is 1.89 bits per heavy atom. The molecular weight excluding hydrogens is 800 g/mol. The van der Waals surface area contributed by atoms with Crippen LogP contribution in [0.5, 0.6) is 0 Å². The Kier molecular flexibility index (Phi) is 7.09. The van der Waals surface area contributed by atoms with Crippen LogP contribution >= 0.6 is 0 Å². The summed E-state index contributed by atoms with van der Waals surface area (Å²) >= 11 is 0. The van der Waals surface area contributed by atoms with Crippen LogP contribution in [0.25, 0.3) is 82.8 Å². The van der Waals surface area contributed by atoms with Crippen LogP contribution in [-0.4, -0.2) is 11.4 Å². The summed E-state index contributed by atoms with van der Waals surface area (Å²) in [5, 5.41) is 4.86. The number of hydrogen-bond acceptors (Lipinski definition) is 2. The van der Waals surface area contributed by atoms with E-state index >= 15 is 0 Å². The summed E-state index contributed by atoms with van der Waals surface area (Å²) in [4.78, 5) is 2.72. The zero-order valence-electron chi connectivity index (χ0n) is 39.7. The van der Waals surface area contributed by atoms with Crippen molar-refractivity contribution < 1.29 is 4.42 Å². The fourth-order valence-electron chi connectivity index (χ4n) is 12.9. The molecule has 4 heterocycles. The van der Waals surface area contributed by atoms with Crippen LogP contribution in [0.1, 0.15) is 103 Å². The predicted molar refractivity (Wildman–Crippen MR) is 280 cm³/mol. The molecule has 14 rings (SSSR count). The van der Waals surface area contributed by atoms with Crippen LogP contribution in [0.3, 0.4) is 0 Å². The number of rotatable bonds is 1. The maximum atomic E-state index is 6.67. The molecule has 4 heteroatoms. The van der Waals surface area contributed by atoms with Crippen molar-refractivity contribution in [3.63, 3.8) is 0 Å². The minimum atomic E-state index is -0.161. The average molecular weight is 853 g/mol. The number of furan rings is 1. The highest BCUT2D eigenvalue weighted by Crippen LogP contribution is 2.56. The molecule has 2 aliphatic heterocycles. The summed E-state index contributed by atoms with van der Waals surface area (Å²) in [6, 6.07) is 54.3.